The van der Waals surface area contributed by atoms with Crippen molar-refractivity contribution in [3.63, 3.8) is 0 Å². The van der Waals surface area contributed by atoms with Gasteiger partial charge in [-0.05, 0) is 30.5 Å². The Kier molecular flexibility index (Phi) is 7.80. The molecule has 0 bridgehead atoms. The van der Waals surface area contributed by atoms with Gasteiger partial charge in [0.2, 0.25) is 11.8 Å². The van der Waals surface area contributed by atoms with Gasteiger partial charge in [0.25, 0.3) is 5.91 Å². The lowest BCUT2D eigenvalue weighted by molar-refractivity contribution is -0.275. The highest BCUT2D eigenvalue weighted by Crippen LogP contribution is 2.30. The fourth-order valence-corrected chi connectivity index (χ4v) is 3.56. The number of nitrogens with zero attached hydrogens (tertiary/aromatic N) is 3. The number of carbonyl (C=O) groups excluding carboxylic acids is 1. The molecule has 2 aromatic rings. The average molecular weight is 493 g/mol. The van der Waals surface area contributed by atoms with Gasteiger partial charge in [-0.15, -0.1) is 13.2 Å². The van der Waals surface area contributed by atoms with E-state index in [0.29, 0.717) is 13.1 Å². The Labute approximate surface area is 191 Å². The number of hydrogen-bond acceptors (Lipinski definition) is 7. The van der Waals surface area contributed by atoms with Crippen molar-refractivity contribution in [1.82, 2.24) is 15.3 Å². The Balaban J connectivity index is 1.87. The highest BCUT2D eigenvalue weighted by Gasteiger charge is 2.33. The van der Waals surface area contributed by atoms with Gasteiger partial charge in [-0.3, -0.25) is 4.79 Å². The highest BCUT2D eigenvalue weighted by atomic mass is 35.5. The molecule has 0 spiro atoms. The number of aromatic nitrogens is 2. The SMILES string of the molecule is COCC(NC(=O)c1nc(N2CCCC2)nc(OC)c1Cl)c1ccc(OC(F)(F)F)c(F)c1. The van der Waals surface area contributed by atoms with E-state index in [0.717, 1.165) is 25.0 Å². The standard InChI is InChI=1S/C20H21ClF4N4O4/c1-31-10-13(11-5-6-14(12(22)9-11)33-20(23,24)25)26-17(30)16-15(21)18(32-2)28-19(27-16)29-7-3-4-8-29/h5-6,9,13H,3-4,7-8,10H2,1-2H3,(H,26,30). The van der Waals surface area contributed by atoms with Crippen molar-refractivity contribution in [3.05, 3.63) is 40.3 Å². The summed E-state index contributed by atoms with van der Waals surface area (Å²) in [6, 6.07) is 1.90. The largest absolute Gasteiger partial charge is 0.573 e. The fourth-order valence-electron chi connectivity index (χ4n) is 3.32. The van der Waals surface area contributed by atoms with Gasteiger partial charge in [-0.25, -0.2) is 9.37 Å². The molecule has 1 aliphatic heterocycles. The molecule has 1 N–H and O–H groups in total. The van der Waals surface area contributed by atoms with Crippen LogP contribution in [0.3, 0.4) is 0 Å². The van der Waals surface area contributed by atoms with Gasteiger partial charge in [0.1, 0.15) is 5.02 Å². The third-order valence-electron chi connectivity index (χ3n) is 4.83. The van der Waals surface area contributed by atoms with Crippen LogP contribution in [0.1, 0.15) is 34.9 Å². The van der Waals surface area contributed by atoms with Crippen molar-refractivity contribution in [1.29, 1.82) is 0 Å². The summed E-state index contributed by atoms with van der Waals surface area (Å²) in [7, 11) is 2.70. The van der Waals surface area contributed by atoms with Crippen LogP contribution in [-0.4, -0.2) is 56.2 Å². The van der Waals surface area contributed by atoms with E-state index in [4.69, 9.17) is 21.1 Å². The second-order valence-corrected chi connectivity index (χ2v) is 7.49. The number of rotatable bonds is 8. The summed E-state index contributed by atoms with van der Waals surface area (Å²) in [6.07, 6.45) is -3.14. The Morgan fingerprint density at radius 1 is 1.24 bits per heavy atom. The zero-order valence-electron chi connectivity index (χ0n) is 17.7. The molecule has 0 aliphatic carbocycles. The zero-order chi connectivity index (χ0) is 24.2. The van der Waals surface area contributed by atoms with Crippen molar-refractivity contribution >= 4 is 23.5 Å². The highest BCUT2D eigenvalue weighted by molar-refractivity contribution is 6.34. The van der Waals surface area contributed by atoms with Gasteiger partial charge in [-0.2, -0.15) is 4.98 Å². The Morgan fingerprint density at radius 3 is 2.52 bits per heavy atom. The van der Waals surface area contributed by atoms with E-state index in [-0.39, 0.29) is 34.7 Å². The summed E-state index contributed by atoms with van der Waals surface area (Å²) in [6.45, 7) is 1.32. The van der Waals surface area contributed by atoms with Gasteiger partial charge in [0.15, 0.2) is 17.3 Å². The number of alkyl halides is 3. The quantitative estimate of drug-likeness (QED) is 0.559. The number of methoxy groups -OCH3 is 2. The van der Waals surface area contributed by atoms with Crippen molar-refractivity contribution < 1.29 is 36.6 Å². The number of ether oxygens (including phenoxy) is 3. The zero-order valence-corrected chi connectivity index (χ0v) is 18.5. The van der Waals surface area contributed by atoms with E-state index >= 15 is 0 Å². The maximum atomic E-state index is 14.2. The molecule has 1 saturated heterocycles. The summed E-state index contributed by atoms with van der Waals surface area (Å²) >= 11 is 6.25. The topological polar surface area (TPSA) is 85.8 Å². The predicted molar refractivity (Wildman–Crippen MR) is 110 cm³/mol. The van der Waals surface area contributed by atoms with Crippen molar-refractivity contribution in [2.24, 2.45) is 0 Å². The molecule has 1 atom stereocenters. The first-order valence-corrected chi connectivity index (χ1v) is 10.2. The molecule has 3 rings (SSSR count). The molecule has 0 radical (unpaired) electrons. The number of carbonyl (C=O) groups is 1. The van der Waals surface area contributed by atoms with Gasteiger partial charge in [0.05, 0.1) is 19.8 Å². The monoisotopic (exact) mass is 492 g/mol. The molecule has 180 valence electrons. The first-order valence-electron chi connectivity index (χ1n) is 9.84. The predicted octanol–water partition coefficient (Wildman–Crippen LogP) is 3.89. The smallest absolute Gasteiger partial charge is 0.480 e. The van der Waals surface area contributed by atoms with Crippen LogP contribution >= 0.6 is 11.6 Å². The van der Waals surface area contributed by atoms with Gasteiger partial charge in [-0.1, -0.05) is 17.7 Å². The van der Waals surface area contributed by atoms with Crippen molar-refractivity contribution in [2.75, 3.05) is 38.8 Å². The maximum Gasteiger partial charge on any atom is 0.573 e. The molecule has 8 nitrogen and oxygen atoms in total. The first kappa shape index (κ1) is 24.8. The number of anilines is 1. The minimum absolute atomic E-state index is 0.0155. The number of nitrogens with one attached hydrogen (secondary N) is 1. The average Bonchev–Trinajstić information content (AvgIpc) is 3.29. The second-order valence-electron chi connectivity index (χ2n) is 7.11. The van der Waals surface area contributed by atoms with Crippen LogP contribution in [0.25, 0.3) is 0 Å². The molecule has 1 aromatic carbocycles. The molecule has 1 unspecified atom stereocenters. The second kappa shape index (κ2) is 10.4. The third-order valence-corrected chi connectivity index (χ3v) is 5.17. The van der Waals surface area contributed by atoms with Crippen LogP contribution < -0.4 is 19.7 Å². The molecular formula is C20H21ClF4N4O4. The molecule has 1 aliphatic rings. The molecule has 0 saturated carbocycles. The number of hydrogen-bond donors (Lipinski definition) is 1. The number of benzene rings is 1. The van der Waals surface area contributed by atoms with Gasteiger partial charge >= 0.3 is 6.36 Å². The normalized spacial score (nSPS) is 14.8. The number of amides is 1. The Bertz CT molecular complexity index is 1000. The maximum absolute atomic E-state index is 14.2. The Hall–Kier alpha value is -2.86. The van der Waals surface area contributed by atoms with Crippen LogP contribution in [0.15, 0.2) is 18.2 Å². The lowest BCUT2D eigenvalue weighted by atomic mass is 10.1. The molecule has 1 fully saturated rings. The van der Waals surface area contributed by atoms with Gasteiger partial charge in [0, 0.05) is 20.2 Å². The van der Waals surface area contributed by atoms with E-state index in [1.807, 2.05) is 4.90 Å². The van der Waals surface area contributed by atoms with Crippen LogP contribution in [0.4, 0.5) is 23.5 Å². The lowest BCUT2D eigenvalue weighted by Crippen LogP contribution is -2.33. The summed E-state index contributed by atoms with van der Waals surface area (Å²) in [5.41, 5.74) is -0.0156. The lowest BCUT2D eigenvalue weighted by Gasteiger charge is -2.21. The molecule has 2 heterocycles. The van der Waals surface area contributed by atoms with Crippen LogP contribution in [0, 0.1) is 5.82 Å². The van der Waals surface area contributed by atoms with E-state index in [1.54, 1.807) is 0 Å². The molecule has 13 heteroatoms. The minimum Gasteiger partial charge on any atom is -0.480 e. The van der Waals surface area contributed by atoms with Crippen molar-refractivity contribution in [3.8, 4) is 11.6 Å². The van der Waals surface area contributed by atoms with E-state index in [2.05, 4.69) is 20.0 Å². The van der Waals surface area contributed by atoms with Crippen LogP contribution in [0.5, 0.6) is 11.6 Å². The molecule has 33 heavy (non-hydrogen) atoms. The summed E-state index contributed by atoms with van der Waals surface area (Å²) in [4.78, 5) is 23.4. The van der Waals surface area contributed by atoms with E-state index in [1.165, 1.54) is 20.3 Å². The van der Waals surface area contributed by atoms with Crippen molar-refractivity contribution in [2.45, 2.75) is 25.2 Å². The fraction of sp³-hybridized carbons (Fsp3) is 0.450. The number of halogens is 5. The molecule has 1 amide bonds. The minimum atomic E-state index is -5.04. The summed E-state index contributed by atoms with van der Waals surface area (Å²) < 4.78 is 65.3. The molecular weight excluding hydrogens is 472 g/mol. The van der Waals surface area contributed by atoms with Crippen LogP contribution in [-0.2, 0) is 4.74 Å². The van der Waals surface area contributed by atoms with Crippen LogP contribution in [0.2, 0.25) is 5.02 Å². The van der Waals surface area contributed by atoms with Gasteiger partial charge < -0.3 is 24.4 Å². The summed E-state index contributed by atoms with van der Waals surface area (Å²) in [5, 5.41) is 2.50. The summed E-state index contributed by atoms with van der Waals surface area (Å²) in [5.74, 6) is -2.67. The van der Waals surface area contributed by atoms with E-state index in [9.17, 15) is 22.4 Å². The molecule has 1 aromatic heterocycles. The van der Waals surface area contributed by atoms with E-state index < -0.39 is 29.9 Å². The Morgan fingerprint density at radius 2 is 1.94 bits per heavy atom. The first-order chi connectivity index (χ1) is 15.6. The third kappa shape index (κ3) is 6.14.